The first-order chi connectivity index (χ1) is 7.33. The van der Waals surface area contributed by atoms with Crippen LogP contribution in [0.4, 0.5) is 0 Å². The van der Waals surface area contributed by atoms with Gasteiger partial charge < -0.3 is 5.11 Å². The maximum Gasteiger partial charge on any atom is 0.0487 e. The van der Waals surface area contributed by atoms with Crippen molar-refractivity contribution in [1.29, 1.82) is 0 Å². The zero-order valence-electron chi connectivity index (χ0n) is 10.4. The molecule has 15 heavy (non-hydrogen) atoms. The van der Waals surface area contributed by atoms with E-state index in [0.717, 1.165) is 0 Å². The van der Waals surface area contributed by atoms with Crippen LogP contribution in [-0.4, -0.2) is 11.7 Å². The number of unbranched alkanes of at least 4 members (excludes halogenated alkanes) is 7. The van der Waals surface area contributed by atoms with Crippen LogP contribution in [0.2, 0.25) is 0 Å². The van der Waals surface area contributed by atoms with E-state index in [1.54, 1.807) is 0 Å². The quantitative estimate of drug-likeness (QED) is 0.536. The summed E-state index contributed by atoms with van der Waals surface area (Å²) in [6.07, 6.45) is 15.0. The minimum atomic E-state index is 0.391. The summed E-state index contributed by atoms with van der Waals surface area (Å²) in [5.74, 6) is 0. The second-order valence-electron chi connectivity index (χ2n) is 5.38. The van der Waals surface area contributed by atoms with Crippen molar-refractivity contribution in [1.82, 2.24) is 0 Å². The minimum Gasteiger partial charge on any atom is -0.396 e. The molecule has 1 aliphatic rings. The predicted molar refractivity (Wildman–Crippen MR) is 66.0 cm³/mol. The number of rotatable bonds is 10. The lowest BCUT2D eigenvalue weighted by molar-refractivity contribution is 0.200. The van der Waals surface area contributed by atoms with Gasteiger partial charge in [-0.3, -0.25) is 0 Å². The summed E-state index contributed by atoms with van der Waals surface area (Å²) in [5, 5.41) is 9.16. The zero-order chi connectivity index (χ0) is 11.0. The molecule has 1 nitrogen and oxygen atoms in total. The second kappa shape index (κ2) is 7.27. The smallest absolute Gasteiger partial charge is 0.0487 e. The van der Waals surface area contributed by atoms with E-state index in [0.29, 0.717) is 12.0 Å². The molecule has 0 atom stereocenters. The molecule has 0 aliphatic heterocycles. The van der Waals surface area contributed by atoms with Crippen molar-refractivity contribution in [2.75, 3.05) is 6.61 Å². The van der Waals surface area contributed by atoms with Crippen LogP contribution in [0.5, 0.6) is 0 Å². The first-order valence-electron chi connectivity index (χ1n) is 6.94. The standard InChI is InChI=1S/C14H28O/c1-2-3-4-5-6-7-8-9-10-14(13-15)11-12-14/h15H,2-13H2,1H3. The van der Waals surface area contributed by atoms with E-state index in [4.69, 9.17) is 5.11 Å². The van der Waals surface area contributed by atoms with E-state index in [-0.39, 0.29) is 0 Å². The fraction of sp³-hybridized carbons (Fsp3) is 1.00. The van der Waals surface area contributed by atoms with Crippen molar-refractivity contribution in [2.45, 2.75) is 77.6 Å². The molecule has 0 amide bonds. The highest BCUT2D eigenvalue weighted by molar-refractivity contribution is 4.91. The summed E-state index contributed by atoms with van der Waals surface area (Å²) in [6.45, 7) is 2.70. The van der Waals surface area contributed by atoms with Crippen LogP contribution in [-0.2, 0) is 0 Å². The predicted octanol–water partition coefficient (Wildman–Crippen LogP) is 4.29. The van der Waals surface area contributed by atoms with Crippen molar-refractivity contribution in [2.24, 2.45) is 5.41 Å². The molecule has 0 heterocycles. The van der Waals surface area contributed by atoms with Gasteiger partial charge in [-0.1, -0.05) is 58.3 Å². The topological polar surface area (TPSA) is 20.2 Å². The van der Waals surface area contributed by atoms with Gasteiger partial charge in [0.15, 0.2) is 0 Å². The van der Waals surface area contributed by atoms with Gasteiger partial charge in [0.05, 0.1) is 0 Å². The monoisotopic (exact) mass is 212 g/mol. The normalized spacial score (nSPS) is 18.0. The molecule has 0 bridgehead atoms. The number of hydrogen-bond acceptors (Lipinski definition) is 1. The molecule has 0 saturated heterocycles. The first-order valence-corrected chi connectivity index (χ1v) is 6.94. The Hall–Kier alpha value is -0.0400. The van der Waals surface area contributed by atoms with Crippen LogP contribution in [0.1, 0.15) is 77.6 Å². The number of aliphatic hydroxyl groups is 1. The fourth-order valence-corrected chi connectivity index (χ4v) is 2.30. The van der Waals surface area contributed by atoms with Crippen LogP contribution in [0.3, 0.4) is 0 Å². The molecule has 0 aromatic rings. The van der Waals surface area contributed by atoms with Crippen molar-refractivity contribution in [3.8, 4) is 0 Å². The van der Waals surface area contributed by atoms with E-state index in [1.807, 2.05) is 0 Å². The summed E-state index contributed by atoms with van der Waals surface area (Å²) >= 11 is 0. The number of hydrogen-bond donors (Lipinski definition) is 1. The van der Waals surface area contributed by atoms with Gasteiger partial charge in [-0.05, 0) is 24.7 Å². The molecule has 0 aromatic heterocycles. The molecule has 0 spiro atoms. The Morgan fingerprint density at radius 2 is 1.40 bits per heavy atom. The summed E-state index contributed by atoms with van der Waals surface area (Å²) in [5.41, 5.74) is 0.391. The van der Waals surface area contributed by atoms with Crippen molar-refractivity contribution < 1.29 is 5.11 Å². The van der Waals surface area contributed by atoms with Gasteiger partial charge in [0, 0.05) is 6.61 Å². The van der Waals surface area contributed by atoms with Gasteiger partial charge in [-0.2, -0.15) is 0 Å². The highest BCUT2D eigenvalue weighted by atomic mass is 16.3. The molecule has 1 saturated carbocycles. The Kier molecular flexibility index (Phi) is 6.31. The van der Waals surface area contributed by atoms with E-state index in [1.165, 1.54) is 70.6 Å². The molecule has 90 valence electrons. The Morgan fingerprint density at radius 3 is 1.87 bits per heavy atom. The van der Waals surface area contributed by atoms with Gasteiger partial charge in [0.2, 0.25) is 0 Å². The molecule has 0 unspecified atom stereocenters. The molecule has 1 aliphatic carbocycles. The van der Waals surface area contributed by atoms with Crippen LogP contribution in [0, 0.1) is 5.41 Å². The third-order valence-electron chi connectivity index (χ3n) is 3.85. The SMILES string of the molecule is CCCCCCCCCCC1(CO)CC1. The van der Waals surface area contributed by atoms with Gasteiger partial charge in [0.25, 0.3) is 0 Å². The number of aliphatic hydroxyl groups excluding tert-OH is 1. The Bertz CT molecular complexity index is 149. The van der Waals surface area contributed by atoms with Crippen molar-refractivity contribution in [3.63, 3.8) is 0 Å². The molecule has 0 radical (unpaired) electrons. The van der Waals surface area contributed by atoms with E-state index in [2.05, 4.69) is 6.92 Å². The van der Waals surface area contributed by atoms with Crippen molar-refractivity contribution >= 4 is 0 Å². The first kappa shape index (κ1) is 13.0. The lowest BCUT2D eigenvalue weighted by atomic mass is 9.98. The average Bonchev–Trinajstić information content (AvgIpc) is 3.03. The third kappa shape index (κ3) is 5.55. The highest BCUT2D eigenvalue weighted by Gasteiger charge is 2.40. The zero-order valence-corrected chi connectivity index (χ0v) is 10.4. The van der Waals surface area contributed by atoms with Gasteiger partial charge in [-0.15, -0.1) is 0 Å². The second-order valence-corrected chi connectivity index (χ2v) is 5.38. The van der Waals surface area contributed by atoms with Gasteiger partial charge >= 0.3 is 0 Å². The molecule has 1 fully saturated rings. The van der Waals surface area contributed by atoms with Crippen LogP contribution in [0.15, 0.2) is 0 Å². The van der Waals surface area contributed by atoms with E-state index >= 15 is 0 Å². The van der Waals surface area contributed by atoms with Gasteiger partial charge in [-0.25, -0.2) is 0 Å². The minimum absolute atomic E-state index is 0.391. The molecule has 0 aromatic carbocycles. The van der Waals surface area contributed by atoms with Crippen molar-refractivity contribution in [3.05, 3.63) is 0 Å². The largest absolute Gasteiger partial charge is 0.396 e. The lowest BCUT2D eigenvalue weighted by Gasteiger charge is -2.10. The average molecular weight is 212 g/mol. The highest BCUT2D eigenvalue weighted by Crippen LogP contribution is 2.49. The summed E-state index contributed by atoms with van der Waals surface area (Å²) in [4.78, 5) is 0. The van der Waals surface area contributed by atoms with Gasteiger partial charge in [0.1, 0.15) is 0 Å². The third-order valence-corrected chi connectivity index (χ3v) is 3.85. The maximum atomic E-state index is 9.16. The summed E-state index contributed by atoms with van der Waals surface area (Å²) in [7, 11) is 0. The maximum absolute atomic E-state index is 9.16. The fourth-order valence-electron chi connectivity index (χ4n) is 2.30. The van der Waals surface area contributed by atoms with Crippen LogP contribution < -0.4 is 0 Å². The molecular weight excluding hydrogens is 184 g/mol. The molecule has 1 rings (SSSR count). The van der Waals surface area contributed by atoms with Crippen LogP contribution in [0.25, 0.3) is 0 Å². The van der Waals surface area contributed by atoms with E-state index < -0.39 is 0 Å². The lowest BCUT2D eigenvalue weighted by Crippen LogP contribution is -2.05. The van der Waals surface area contributed by atoms with Crippen LogP contribution >= 0.6 is 0 Å². The summed E-state index contributed by atoms with van der Waals surface area (Å²) in [6, 6.07) is 0. The Labute approximate surface area is 95.3 Å². The Balaban J connectivity index is 1.77. The molecule has 1 heteroatoms. The summed E-state index contributed by atoms with van der Waals surface area (Å²) < 4.78 is 0. The molecular formula is C14H28O. The Morgan fingerprint density at radius 1 is 0.867 bits per heavy atom. The van der Waals surface area contributed by atoms with E-state index in [9.17, 15) is 0 Å². The molecule has 1 N–H and O–H groups in total.